The van der Waals surface area contributed by atoms with Gasteiger partial charge in [-0.15, -0.1) is 0 Å². The second kappa shape index (κ2) is 4.18. The van der Waals surface area contributed by atoms with E-state index in [0.29, 0.717) is 8.95 Å². The molecule has 0 aliphatic carbocycles. The van der Waals surface area contributed by atoms with Gasteiger partial charge in [0.25, 0.3) is 0 Å². The Bertz CT molecular complexity index is 291. The first-order valence-corrected chi connectivity index (χ1v) is 4.57. The van der Waals surface area contributed by atoms with Gasteiger partial charge in [0.05, 0.1) is 0 Å². The van der Waals surface area contributed by atoms with Gasteiger partial charge in [0.2, 0.25) is 6.86 Å². The van der Waals surface area contributed by atoms with Crippen molar-refractivity contribution in [3.8, 4) is 5.75 Å². The fourth-order valence-corrected chi connectivity index (χ4v) is 1.31. The van der Waals surface area contributed by atoms with Crippen molar-refractivity contribution in [1.82, 2.24) is 0 Å². The predicted octanol–water partition coefficient (Wildman–Crippen LogP) is 3.66. The standard InChI is InChI=1S/C7H4Br2F2O/c8-4-1-6(11)7(12-3-10)2-5(4)9/h1-2H,3H2. The molecule has 0 unspecified atom stereocenters. The summed E-state index contributed by atoms with van der Waals surface area (Å²) in [5, 5.41) is 0. The van der Waals surface area contributed by atoms with Crippen molar-refractivity contribution in [1.29, 1.82) is 0 Å². The highest BCUT2D eigenvalue weighted by molar-refractivity contribution is 9.13. The molecule has 0 spiro atoms. The summed E-state index contributed by atoms with van der Waals surface area (Å²) in [6.45, 7) is -1.04. The highest BCUT2D eigenvalue weighted by Gasteiger charge is 2.07. The van der Waals surface area contributed by atoms with Gasteiger partial charge in [-0.1, -0.05) is 0 Å². The van der Waals surface area contributed by atoms with Crippen molar-refractivity contribution in [2.24, 2.45) is 0 Å². The van der Waals surface area contributed by atoms with Gasteiger partial charge < -0.3 is 4.74 Å². The third-order valence-electron chi connectivity index (χ3n) is 1.18. The van der Waals surface area contributed by atoms with E-state index in [1.807, 2.05) is 0 Å². The summed E-state index contributed by atoms with van der Waals surface area (Å²) in [7, 11) is 0. The van der Waals surface area contributed by atoms with Crippen LogP contribution in [-0.2, 0) is 0 Å². The number of ether oxygens (including phenoxy) is 1. The van der Waals surface area contributed by atoms with Gasteiger partial charge in [0.1, 0.15) is 0 Å². The maximum atomic E-state index is 12.9. The number of hydrogen-bond donors (Lipinski definition) is 0. The molecule has 0 atom stereocenters. The average molecular weight is 302 g/mol. The Morgan fingerprint density at radius 1 is 1.25 bits per heavy atom. The van der Waals surface area contributed by atoms with Crippen LogP contribution in [0.15, 0.2) is 21.1 Å². The van der Waals surface area contributed by atoms with Gasteiger partial charge >= 0.3 is 0 Å². The Balaban J connectivity index is 3.05. The number of hydrogen-bond acceptors (Lipinski definition) is 1. The van der Waals surface area contributed by atoms with Crippen LogP contribution in [-0.4, -0.2) is 6.86 Å². The smallest absolute Gasteiger partial charge is 0.228 e. The molecule has 0 heterocycles. The molecule has 12 heavy (non-hydrogen) atoms. The molecule has 1 aromatic carbocycles. The zero-order valence-electron chi connectivity index (χ0n) is 5.78. The first-order valence-electron chi connectivity index (χ1n) is 2.98. The molecule has 66 valence electrons. The third kappa shape index (κ3) is 2.17. The fraction of sp³-hybridized carbons (Fsp3) is 0.143. The molecular weight excluding hydrogens is 298 g/mol. The zero-order chi connectivity index (χ0) is 9.14. The number of alkyl halides is 1. The molecule has 0 saturated carbocycles. The van der Waals surface area contributed by atoms with Gasteiger partial charge in [-0.3, -0.25) is 0 Å². The van der Waals surface area contributed by atoms with Crippen molar-refractivity contribution in [2.45, 2.75) is 0 Å². The molecule has 1 rings (SSSR count). The van der Waals surface area contributed by atoms with Gasteiger partial charge in [0.15, 0.2) is 11.6 Å². The van der Waals surface area contributed by atoms with E-state index < -0.39 is 12.7 Å². The van der Waals surface area contributed by atoms with E-state index in [1.165, 1.54) is 12.1 Å². The minimum atomic E-state index is -1.04. The number of benzene rings is 1. The molecule has 0 amide bonds. The van der Waals surface area contributed by atoms with Crippen LogP contribution >= 0.6 is 31.9 Å². The molecule has 0 bridgehead atoms. The topological polar surface area (TPSA) is 9.23 Å². The molecule has 5 heteroatoms. The Morgan fingerprint density at radius 3 is 2.42 bits per heavy atom. The third-order valence-corrected chi connectivity index (χ3v) is 3.03. The SMILES string of the molecule is FCOc1cc(Br)c(Br)cc1F. The van der Waals surface area contributed by atoms with Gasteiger partial charge in [-0.05, 0) is 44.0 Å². The van der Waals surface area contributed by atoms with Crippen LogP contribution in [0.4, 0.5) is 8.78 Å². The van der Waals surface area contributed by atoms with Gasteiger partial charge in [0, 0.05) is 8.95 Å². The summed E-state index contributed by atoms with van der Waals surface area (Å²) in [5.41, 5.74) is 0. The molecule has 0 aromatic heterocycles. The molecule has 1 nitrogen and oxygen atoms in total. The summed E-state index contributed by atoms with van der Waals surface area (Å²) >= 11 is 6.23. The molecule has 0 saturated heterocycles. The van der Waals surface area contributed by atoms with Gasteiger partial charge in [-0.25, -0.2) is 8.78 Å². The van der Waals surface area contributed by atoms with E-state index in [1.54, 1.807) is 0 Å². The summed E-state index contributed by atoms with van der Waals surface area (Å²) in [6.07, 6.45) is 0. The molecular formula is C7H4Br2F2O. The normalized spacial score (nSPS) is 10.0. The Labute approximate surface area is 85.0 Å². The predicted molar refractivity (Wildman–Crippen MR) is 48.4 cm³/mol. The van der Waals surface area contributed by atoms with Crippen LogP contribution in [0.1, 0.15) is 0 Å². The molecule has 0 aliphatic rings. The first-order chi connectivity index (χ1) is 5.65. The Hall–Kier alpha value is -0.160. The Morgan fingerprint density at radius 2 is 1.83 bits per heavy atom. The minimum absolute atomic E-state index is 0.104. The lowest BCUT2D eigenvalue weighted by Gasteiger charge is -2.04. The van der Waals surface area contributed by atoms with E-state index >= 15 is 0 Å². The van der Waals surface area contributed by atoms with Crippen LogP contribution in [0.25, 0.3) is 0 Å². The van der Waals surface area contributed by atoms with E-state index in [4.69, 9.17) is 0 Å². The summed E-state index contributed by atoms with van der Waals surface area (Å²) < 4.78 is 30.1. The average Bonchev–Trinajstić information content (AvgIpc) is 2.01. The van der Waals surface area contributed by atoms with Crippen LogP contribution in [0.2, 0.25) is 0 Å². The summed E-state index contributed by atoms with van der Waals surface area (Å²) in [4.78, 5) is 0. The first kappa shape index (κ1) is 9.92. The Kier molecular flexibility index (Phi) is 3.46. The minimum Gasteiger partial charge on any atom is -0.460 e. The van der Waals surface area contributed by atoms with Crippen molar-refractivity contribution in [3.63, 3.8) is 0 Å². The van der Waals surface area contributed by atoms with E-state index in [9.17, 15) is 8.78 Å². The van der Waals surface area contributed by atoms with E-state index in [2.05, 4.69) is 36.6 Å². The number of halogens is 4. The maximum Gasteiger partial charge on any atom is 0.228 e. The van der Waals surface area contributed by atoms with Crippen molar-refractivity contribution < 1.29 is 13.5 Å². The number of rotatable bonds is 2. The fourth-order valence-electron chi connectivity index (χ4n) is 0.674. The summed E-state index contributed by atoms with van der Waals surface area (Å²) in [5.74, 6) is -0.699. The zero-order valence-corrected chi connectivity index (χ0v) is 8.95. The lowest BCUT2D eigenvalue weighted by molar-refractivity contribution is 0.184. The highest BCUT2D eigenvalue weighted by atomic mass is 79.9. The molecule has 0 fully saturated rings. The monoisotopic (exact) mass is 300 g/mol. The van der Waals surface area contributed by atoms with Crippen molar-refractivity contribution >= 4 is 31.9 Å². The van der Waals surface area contributed by atoms with Gasteiger partial charge in [-0.2, -0.15) is 0 Å². The van der Waals surface area contributed by atoms with Crippen LogP contribution in [0, 0.1) is 5.82 Å². The van der Waals surface area contributed by atoms with Crippen molar-refractivity contribution in [3.05, 3.63) is 26.9 Å². The molecule has 0 radical (unpaired) electrons. The van der Waals surface area contributed by atoms with Crippen LogP contribution in [0.5, 0.6) is 5.75 Å². The maximum absolute atomic E-state index is 12.9. The quantitative estimate of drug-likeness (QED) is 0.758. The van der Waals surface area contributed by atoms with E-state index in [-0.39, 0.29) is 5.75 Å². The molecule has 0 N–H and O–H groups in total. The summed E-state index contributed by atoms with van der Waals surface area (Å²) in [6, 6.07) is 2.56. The van der Waals surface area contributed by atoms with Crippen LogP contribution in [0.3, 0.4) is 0 Å². The molecule has 0 aliphatic heterocycles. The lowest BCUT2D eigenvalue weighted by Crippen LogP contribution is -1.93. The van der Waals surface area contributed by atoms with Crippen LogP contribution < -0.4 is 4.74 Å². The molecule has 1 aromatic rings. The second-order valence-electron chi connectivity index (χ2n) is 1.95. The van der Waals surface area contributed by atoms with Crippen molar-refractivity contribution in [2.75, 3.05) is 6.86 Å². The highest BCUT2D eigenvalue weighted by Crippen LogP contribution is 2.30. The van der Waals surface area contributed by atoms with E-state index in [0.717, 1.165) is 0 Å². The largest absolute Gasteiger partial charge is 0.460 e. The lowest BCUT2D eigenvalue weighted by atomic mass is 10.3. The second-order valence-corrected chi connectivity index (χ2v) is 3.66.